The Labute approximate surface area is 138 Å². The lowest BCUT2D eigenvalue weighted by Crippen LogP contribution is -1.99. The van der Waals surface area contributed by atoms with Crippen molar-refractivity contribution < 1.29 is 0 Å². The van der Waals surface area contributed by atoms with Crippen molar-refractivity contribution in [2.45, 2.75) is 57.6 Å². The van der Waals surface area contributed by atoms with Gasteiger partial charge in [0.2, 0.25) is 0 Å². The first kappa shape index (κ1) is 15.7. The predicted molar refractivity (Wildman–Crippen MR) is 95.6 cm³/mol. The van der Waals surface area contributed by atoms with E-state index in [1.165, 1.54) is 39.3 Å². The molecule has 0 amide bonds. The van der Waals surface area contributed by atoms with Gasteiger partial charge in [0.25, 0.3) is 0 Å². The number of hydrogen-bond acceptors (Lipinski definition) is 2. The highest BCUT2D eigenvalue weighted by atomic mass is 32.2. The molecule has 0 aliphatic heterocycles. The number of nitrogens with zero attached hydrogens (tertiary/aromatic N) is 2. The first-order valence-corrected chi connectivity index (χ1v) is 8.85. The molecular formula is C19H26N2S. The molecule has 1 heterocycles. The van der Waals surface area contributed by atoms with E-state index in [9.17, 15) is 0 Å². The maximum atomic E-state index is 4.75. The first-order chi connectivity index (χ1) is 10.2. The van der Waals surface area contributed by atoms with Crippen LogP contribution < -0.4 is 0 Å². The van der Waals surface area contributed by atoms with E-state index in [2.05, 4.69) is 53.7 Å². The van der Waals surface area contributed by atoms with E-state index in [0.717, 1.165) is 11.6 Å². The van der Waals surface area contributed by atoms with Crippen LogP contribution in [0.3, 0.4) is 0 Å². The Balaban J connectivity index is 2.06. The van der Waals surface area contributed by atoms with Crippen LogP contribution in [0.1, 0.15) is 42.7 Å². The van der Waals surface area contributed by atoms with Crippen molar-refractivity contribution >= 4 is 11.8 Å². The zero-order valence-electron chi connectivity index (χ0n) is 14.7. The van der Waals surface area contributed by atoms with Crippen LogP contribution in [0.2, 0.25) is 0 Å². The van der Waals surface area contributed by atoms with Crippen LogP contribution >= 0.6 is 11.8 Å². The highest BCUT2D eigenvalue weighted by Gasteiger charge is 2.47. The fourth-order valence-corrected chi connectivity index (χ4v) is 4.54. The molecule has 0 N–H and O–H groups in total. The van der Waals surface area contributed by atoms with Crippen LogP contribution in [0.15, 0.2) is 17.0 Å². The molecule has 0 bridgehead atoms. The number of aromatic nitrogens is 2. The second-order valence-corrected chi connectivity index (χ2v) is 8.71. The molecule has 22 heavy (non-hydrogen) atoms. The molecule has 2 unspecified atom stereocenters. The second-order valence-electron chi connectivity index (χ2n) is 7.14. The minimum atomic E-state index is 0.423. The van der Waals surface area contributed by atoms with Gasteiger partial charge in [-0.25, -0.2) is 0 Å². The van der Waals surface area contributed by atoms with Crippen molar-refractivity contribution in [3.63, 3.8) is 0 Å². The van der Waals surface area contributed by atoms with Crippen LogP contribution in [-0.2, 0) is 7.05 Å². The molecule has 3 heteroatoms. The third-order valence-electron chi connectivity index (χ3n) is 5.35. The van der Waals surface area contributed by atoms with Gasteiger partial charge in [-0.2, -0.15) is 5.10 Å². The van der Waals surface area contributed by atoms with Crippen LogP contribution in [-0.4, -0.2) is 14.5 Å². The largest absolute Gasteiger partial charge is 0.272 e. The van der Waals surface area contributed by atoms with Gasteiger partial charge in [-0.05, 0) is 69.7 Å². The third kappa shape index (κ3) is 2.50. The van der Waals surface area contributed by atoms with Gasteiger partial charge in [0.1, 0.15) is 0 Å². The minimum Gasteiger partial charge on any atom is -0.272 e. The molecule has 3 rings (SSSR count). The van der Waals surface area contributed by atoms with Crippen LogP contribution in [0.4, 0.5) is 0 Å². The number of thioether (sulfide) groups is 1. The molecule has 2 atom stereocenters. The molecule has 118 valence electrons. The van der Waals surface area contributed by atoms with Gasteiger partial charge < -0.3 is 0 Å². The summed E-state index contributed by atoms with van der Waals surface area (Å²) in [6.07, 6.45) is 1.32. The van der Waals surface area contributed by atoms with E-state index in [0.29, 0.717) is 4.75 Å². The number of benzene rings is 1. The minimum absolute atomic E-state index is 0.423. The lowest BCUT2D eigenvalue weighted by Gasteiger charge is -2.15. The molecular weight excluding hydrogens is 288 g/mol. The van der Waals surface area contributed by atoms with Gasteiger partial charge in [0.05, 0.1) is 5.69 Å². The highest BCUT2D eigenvalue weighted by Crippen LogP contribution is 2.57. The Morgan fingerprint density at radius 1 is 1.18 bits per heavy atom. The SMILES string of the molecule is Cc1cc(C)c(-c2nn(C)c(C)c2C)cc1SC1(C)CC1C. The first-order valence-electron chi connectivity index (χ1n) is 8.04. The quantitative estimate of drug-likeness (QED) is 0.774. The van der Waals surface area contributed by atoms with E-state index in [1.807, 2.05) is 23.5 Å². The normalized spacial score (nSPS) is 23.9. The fourth-order valence-electron chi connectivity index (χ4n) is 3.11. The summed E-state index contributed by atoms with van der Waals surface area (Å²) < 4.78 is 2.41. The summed E-state index contributed by atoms with van der Waals surface area (Å²) in [6.45, 7) is 13.5. The van der Waals surface area contributed by atoms with Gasteiger partial charge in [0, 0.05) is 27.9 Å². The Kier molecular flexibility index (Phi) is 3.67. The van der Waals surface area contributed by atoms with Gasteiger partial charge in [-0.15, -0.1) is 11.8 Å². The lowest BCUT2D eigenvalue weighted by atomic mass is 10.0. The summed E-state index contributed by atoms with van der Waals surface area (Å²) in [7, 11) is 2.03. The van der Waals surface area contributed by atoms with Gasteiger partial charge in [-0.3, -0.25) is 4.68 Å². The number of hydrogen-bond donors (Lipinski definition) is 0. The maximum Gasteiger partial charge on any atom is 0.0958 e. The van der Waals surface area contributed by atoms with E-state index in [4.69, 9.17) is 5.10 Å². The molecule has 1 aromatic heterocycles. The Morgan fingerprint density at radius 2 is 1.82 bits per heavy atom. The summed E-state index contributed by atoms with van der Waals surface area (Å²) >= 11 is 2.05. The maximum absolute atomic E-state index is 4.75. The molecule has 0 spiro atoms. The Bertz CT molecular complexity index is 744. The number of aryl methyl sites for hydroxylation is 3. The van der Waals surface area contributed by atoms with E-state index in [-0.39, 0.29) is 0 Å². The summed E-state index contributed by atoms with van der Waals surface area (Å²) in [5.74, 6) is 0.820. The zero-order chi connectivity index (χ0) is 16.2. The molecule has 1 aliphatic carbocycles. The topological polar surface area (TPSA) is 17.8 Å². The monoisotopic (exact) mass is 314 g/mol. The smallest absolute Gasteiger partial charge is 0.0958 e. The number of rotatable bonds is 3. The standard InChI is InChI=1S/C19H26N2S/c1-11-8-12(2)17(22-19(6)10-13(19)3)9-16(11)18-14(4)15(5)21(7)20-18/h8-9,13H,10H2,1-7H3. The van der Waals surface area contributed by atoms with Crippen molar-refractivity contribution in [2.75, 3.05) is 0 Å². The summed E-state index contributed by atoms with van der Waals surface area (Å²) in [4.78, 5) is 1.41. The summed E-state index contributed by atoms with van der Waals surface area (Å²) in [5.41, 5.74) is 7.65. The molecule has 1 aromatic carbocycles. The van der Waals surface area contributed by atoms with Gasteiger partial charge in [-0.1, -0.05) is 13.0 Å². The van der Waals surface area contributed by atoms with Gasteiger partial charge in [0.15, 0.2) is 0 Å². The fraction of sp³-hybridized carbons (Fsp3) is 0.526. The van der Waals surface area contributed by atoms with E-state index >= 15 is 0 Å². The molecule has 2 nitrogen and oxygen atoms in total. The van der Waals surface area contributed by atoms with Crippen LogP contribution in [0.25, 0.3) is 11.3 Å². The van der Waals surface area contributed by atoms with E-state index in [1.54, 1.807) is 0 Å². The lowest BCUT2D eigenvalue weighted by molar-refractivity contribution is 0.741. The molecule has 1 saturated carbocycles. The van der Waals surface area contributed by atoms with Crippen molar-refractivity contribution in [3.8, 4) is 11.3 Å². The second kappa shape index (κ2) is 5.16. The van der Waals surface area contributed by atoms with E-state index < -0.39 is 0 Å². The Hall–Kier alpha value is -1.22. The molecule has 1 fully saturated rings. The summed E-state index contributed by atoms with van der Waals surface area (Å²) in [5, 5.41) is 4.75. The highest BCUT2D eigenvalue weighted by molar-refractivity contribution is 8.01. The predicted octanol–water partition coefficient (Wildman–Crippen LogP) is 5.21. The Morgan fingerprint density at radius 3 is 2.32 bits per heavy atom. The van der Waals surface area contributed by atoms with Crippen molar-refractivity contribution in [2.24, 2.45) is 13.0 Å². The van der Waals surface area contributed by atoms with Crippen molar-refractivity contribution in [3.05, 3.63) is 34.5 Å². The van der Waals surface area contributed by atoms with Gasteiger partial charge >= 0.3 is 0 Å². The average molecular weight is 314 g/mol. The van der Waals surface area contributed by atoms with Crippen LogP contribution in [0.5, 0.6) is 0 Å². The average Bonchev–Trinajstić information content (AvgIpc) is 2.95. The summed E-state index contributed by atoms with van der Waals surface area (Å²) in [6, 6.07) is 4.68. The van der Waals surface area contributed by atoms with Crippen molar-refractivity contribution in [1.29, 1.82) is 0 Å². The van der Waals surface area contributed by atoms with Crippen molar-refractivity contribution in [1.82, 2.24) is 9.78 Å². The van der Waals surface area contributed by atoms with Crippen LogP contribution in [0, 0.1) is 33.6 Å². The molecule has 0 radical (unpaired) electrons. The molecule has 1 aliphatic rings. The molecule has 0 saturated heterocycles. The third-order valence-corrected chi connectivity index (χ3v) is 7.04. The zero-order valence-corrected chi connectivity index (χ0v) is 15.6. The molecule has 2 aromatic rings.